The highest BCUT2D eigenvalue weighted by molar-refractivity contribution is 5.40. The van der Waals surface area contributed by atoms with Crippen molar-refractivity contribution in [3.63, 3.8) is 0 Å². The molecule has 2 aromatic rings. The normalized spacial score (nSPS) is 10.2. The summed E-state index contributed by atoms with van der Waals surface area (Å²) in [5.41, 5.74) is 1.24. The molecule has 2 rings (SSSR count). The summed E-state index contributed by atoms with van der Waals surface area (Å²) >= 11 is 0. The number of nitro benzene ring substituents is 1. The van der Waals surface area contributed by atoms with Crippen molar-refractivity contribution >= 4 is 5.69 Å². The van der Waals surface area contributed by atoms with Crippen LogP contribution in [-0.2, 0) is 6.61 Å². The lowest BCUT2D eigenvalue weighted by Crippen LogP contribution is -2.01. The van der Waals surface area contributed by atoms with Crippen LogP contribution in [0.1, 0.15) is 11.1 Å². The molecule has 0 radical (unpaired) electrons. The Morgan fingerprint density at radius 3 is 2.74 bits per heavy atom. The summed E-state index contributed by atoms with van der Waals surface area (Å²) in [6.45, 7) is 1.77. The number of rotatable bonds is 4. The first-order valence-corrected chi connectivity index (χ1v) is 5.69. The van der Waals surface area contributed by atoms with Crippen LogP contribution < -0.4 is 4.74 Å². The van der Waals surface area contributed by atoms with Crippen molar-refractivity contribution in [1.29, 1.82) is 0 Å². The zero-order valence-electron chi connectivity index (χ0n) is 10.3. The van der Waals surface area contributed by atoms with Crippen LogP contribution in [0.3, 0.4) is 0 Å². The number of halogens is 1. The molecule has 0 unspecified atom stereocenters. The minimum atomic E-state index is -0.482. The third-order valence-electron chi connectivity index (χ3n) is 2.66. The lowest BCUT2D eigenvalue weighted by atomic mass is 10.2. The van der Waals surface area contributed by atoms with E-state index in [1.807, 2.05) is 6.92 Å². The molecule has 0 atom stereocenters. The molecule has 0 aliphatic rings. The van der Waals surface area contributed by atoms with Gasteiger partial charge in [-0.2, -0.15) is 0 Å². The van der Waals surface area contributed by atoms with E-state index in [9.17, 15) is 14.5 Å². The lowest BCUT2D eigenvalue weighted by molar-refractivity contribution is -0.385. The van der Waals surface area contributed by atoms with Gasteiger partial charge in [-0.1, -0.05) is 18.2 Å². The fraction of sp³-hybridized carbons (Fsp3) is 0.143. The third-order valence-corrected chi connectivity index (χ3v) is 2.66. The molecule has 0 amide bonds. The molecule has 19 heavy (non-hydrogen) atoms. The molecule has 98 valence electrons. The van der Waals surface area contributed by atoms with Crippen LogP contribution in [0.5, 0.6) is 5.75 Å². The first-order valence-electron chi connectivity index (χ1n) is 5.69. The van der Waals surface area contributed by atoms with Crippen LogP contribution in [0.4, 0.5) is 10.1 Å². The molecule has 5 heteroatoms. The van der Waals surface area contributed by atoms with Crippen molar-refractivity contribution < 1.29 is 14.1 Å². The van der Waals surface area contributed by atoms with E-state index in [1.165, 1.54) is 12.1 Å². The van der Waals surface area contributed by atoms with Crippen LogP contribution in [0.15, 0.2) is 42.5 Å². The summed E-state index contributed by atoms with van der Waals surface area (Å²) in [7, 11) is 0. The highest BCUT2D eigenvalue weighted by Gasteiger charge is 2.13. The Morgan fingerprint density at radius 2 is 2.00 bits per heavy atom. The van der Waals surface area contributed by atoms with Gasteiger partial charge in [-0.25, -0.2) is 4.39 Å². The summed E-state index contributed by atoms with van der Waals surface area (Å²) in [6.07, 6.45) is 0. The van der Waals surface area contributed by atoms with Gasteiger partial charge < -0.3 is 4.74 Å². The molecular formula is C14H12FNO3. The maximum atomic E-state index is 13.5. The minimum Gasteiger partial charge on any atom is -0.486 e. The summed E-state index contributed by atoms with van der Waals surface area (Å²) in [4.78, 5) is 10.3. The predicted octanol–water partition coefficient (Wildman–Crippen LogP) is 3.62. The van der Waals surface area contributed by atoms with E-state index >= 15 is 0 Å². The van der Waals surface area contributed by atoms with Crippen molar-refractivity contribution in [1.82, 2.24) is 0 Å². The number of hydrogen-bond donors (Lipinski definition) is 0. The van der Waals surface area contributed by atoms with E-state index in [-0.39, 0.29) is 18.0 Å². The van der Waals surface area contributed by atoms with Crippen LogP contribution in [0.25, 0.3) is 0 Å². The van der Waals surface area contributed by atoms with E-state index in [0.717, 1.165) is 5.56 Å². The average molecular weight is 261 g/mol. The molecule has 0 saturated carbocycles. The number of nitro groups is 1. The molecule has 0 saturated heterocycles. The smallest absolute Gasteiger partial charge is 0.276 e. The van der Waals surface area contributed by atoms with Gasteiger partial charge in [-0.3, -0.25) is 10.1 Å². The standard InChI is InChI=1S/C14H12FNO3/c1-10-6-7-12(15)14(8-10)19-9-11-4-2-3-5-13(11)16(17)18/h2-8H,9H2,1H3. The number of aryl methyl sites for hydroxylation is 1. The van der Waals surface area contributed by atoms with Gasteiger partial charge in [-0.05, 0) is 30.7 Å². The van der Waals surface area contributed by atoms with Crippen molar-refractivity contribution in [2.45, 2.75) is 13.5 Å². The predicted molar refractivity (Wildman–Crippen MR) is 68.6 cm³/mol. The van der Waals surface area contributed by atoms with Crippen LogP contribution >= 0.6 is 0 Å². The Bertz CT molecular complexity index is 613. The van der Waals surface area contributed by atoms with Gasteiger partial charge in [-0.15, -0.1) is 0 Å². The topological polar surface area (TPSA) is 52.4 Å². The molecular weight excluding hydrogens is 249 g/mol. The Labute approximate surface area is 109 Å². The molecule has 0 N–H and O–H groups in total. The van der Waals surface area contributed by atoms with E-state index in [4.69, 9.17) is 4.74 Å². The van der Waals surface area contributed by atoms with Gasteiger partial charge in [0.15, 0.2) is 11.6 Å². The van der Waals surface area contributed by atoms with Crippen molar-refractivity contribution in [3.05, 3.63) is 69.5 Å². The van der Waals surface area contributed by atoms with Crippen LogP contribution in [0.2, 0.25) is 0 Å². The quantitative estimate of drug-likeness (QED) is 0.624. The van der Waals surface area contributed by atoms with Gasteiger partial charge in [0.05, 0.1) is 10.5 Å². The minimum absolute atomic E-state index is 0.0319. The van der Waals surface area contributed by atoms with Gasteiger partial charge in [0.1, 0.15) is 6.61 Å². The Balaban J connectivity index is 2.19. The Morgan fingerprint density at radius 1 is 1.26 bits per heavy atom. The molecule has 0 aromatic heterocycles. The average Bonchev–Trinajstić information content (AvgIpc) is 2.40. The molecule has 0 aliphatic heterocycles. The summed E-state index contributed by atoms with van der Waals surface area (Å²) in [5.74, 6) is -0.387. The fourth-order valence-corrected chi connectivity index (χ4v) is 1.69. The SMILES string of the molecule is Cc1ccc(F)c(OCc2ccccc2[N+](=O)[O-])c1. The van der Waals surface area contributed by atoms with Gasteiger partial charge >= 0.3 is 0 Å². The van der Waals surface area contributed by atoms with E-state index in [2.05, 4.69) is 0 Å². The molecule has 0 heterocycles. The summed E-state index contributed by atoms with van der Waals surface area (Å²) in [5, 5.41) is 10.8. The maximum absolute atomic E-state index is 13.5. The second-order valence-corrected chi connectivity index (χ2v) is 4.11. The molecule has 0 bridgehead atoms. The van der Waals surface area contributed by atoms with E-state index < -0.39 is 10.7 Å². The van der Waals surface area contributed by atoms with Crippen LogP contribution in [0, 0.1) is 22.9 Å². The summed E-state index contributed by atoms with van der Waals surface area (Å²) in [6, 6.07) is 10.7. The molecule has 0 fully saturated rings. The fourth-order valence-electron chi connectivity index (χ4n) is 1.69. The highest BCUT2D eigenvalue weighted by atomic mass is 19.1. The number of benzene rings is 2. The van der Waals surface area contributed by atoms with Crippen molar-refractivity contribution in [3.8, 4) is 5.75 Å². The largest absolute Gasteiger partial charge is 0.486 e. The lowest BCUT2D eigenvalue weighted by Gasteiger charge is -2.08. The van der Waals surface area contributed by atoms with E-state index in [1.54, 1.807) is 30.3 Å². The second kappa shape index (κ2) is 5.48. The number of hydrogen-bond acceptors (Lipinski definition) is 3. The molecule has 4 nitrogen and oxygen atoms in total. The van der Waals surface area contributed by atoms with Gasteiger partial charge in [0.25, 0.3) is 5.69 Å². The maximum Gasteiger partial charge on any atom is 0.276 e. The monoisotopic (exact) mass is 261 g/mol. The van der Waals surface area contributed by atoms with Gasteiger partial charge in [0.2, 0.25) is 0 Å². The first kappa shape index (κ1) is 13.0. The number of ether oxygens (including phenoxy) is 1. The highest BCUT2D eigenvalue weighted by Crippen LogP contribution is 2.23. The number of nitrogens with zero attached hydrogens (tertiary/aromatic N) is 1. The Hall–Kier alpha value is -2.43. The number of para-hydroxylation sites is 1. The molecule has 0 aliphatic carbocycles. The zero-order valence-corrected chi connectivity index (χ0v) is 10.3. The first-order chi connectivity index (χ1) is 9.08. The van der Waals surface area contributed by atoms with Gasteiger partial charge in [0, 0.05) is 6.07 Å². The third kappa shape index (κ3) is 3.07. The van der Waals surface area contributed by atoms with Crippen molar-refractivity contribution in [2.24, 2.45) is 0 Å². The second-order valence-electron chi connectivity index (χ2n) is 4.11. The van der Waals surface area contributed by atoms with E-state index in [0.29, 0.717) is 5.56 Å². The van der Waals surface area contributed by atoms with Crippen molar-refractivity contribution in [2.75, 3.05) is 0 Å². The van der Waals surface area contributed by atoms with Crippen LogP contribution in [-0.4, -0.2) is 4.92 Å². The zero-order chi connectivity index (χ0) is 13.8. The Kier molecular flexibility index (Phi) is 3.75. The molecule has 0 spiro atoms. The molecule has 2 aromatic carbocycles. The summed E-state index contributed by atoms with van der Waals surface area (Å²) < 4.78 is 18.8.